The third-order valence-electron chi connectivity index (χ3n) is 4.63. The van der Waals surface area contributed by atoms with E-state index in [1.54, 1.807) is 0 Å². The Balaban J connectivity index is 2.17. The number of anilines is 1. The standard InChI is InChI=1S/C21H28N4/c1-6-9-24(10-7-2)18-14-23-21-20(22-8-11-25(18)21)19-16(4)12-15(3)13-17(19)5/h8,11-14H,6-7,9-10H2,1-5H3. The second-order valence-corrected chi connectivity index (χ2v) is 6.85. The van der Waals surface area contributed by atoms with Crippen LogP contribution in [0.25, 0.3) is 16.9 Å². The van der Waals surface area contributed by atoms with E-state index in [1.807, 2.05) is 18.6 Å². The minimum atomic E-state index is 0.935. The van der Waals surface area contributed by atoms with Gasteiger partial charge in [0, 0.05) is 31.0 Å². The van der Waals surface area contributed by atoms with Crippen molar-refractivity contribution in [3.8, 4) is 11.3 Å². The summed E-state index contributed by atoms with van der Waals surface area (Å²) in [7, 11) is 0. The smallest absolute Gasteiger partial charge is 0.165 e. The maximum atomic E-state index is 4.74. The molecule has 0 fully saturated rings. The number of rotatable bonds is 6. The van der Waals surface area contributed by atoms with Crippen LogP contribution in [0.3, 0.4) is 0 Å². The maximum absolute atomic E-state index is 4.74. The van der Waals surface area contributed by atoms with E-state index >= 15 is 0 Å². The largest absolute Gasteiger partial charge is 0.356 e. The van der Waals surface area contributed by atoms with E-state index in [0.717, 1.165) is 43.1 Å². The van der Waals surface area contributed by atoms with Crippen LogP contribution in [-0.4, -0.2) is 27.5 Å². The molecule has 0 aliphatic carbocycles. The minimum absolute atomic E-state index is 0.935. The van der Waals surface area contributed by atoms with Gasteiger partial charge in [0.15, 0.2) is 5.65 Å². The van der Waals surface area contributed by atoms with Crippen LogP contribution in [0.2, 0.25) is 0 Å². The van der Waals surface area contributed by atoms with Crippen LogP contribution >= 0.6 is 0 Å². The molecule has 1 aromatic carbocycles. The van der Waals surface area contributed by atoms with E-state index in [0.29, 0.717) is 0 Å². The molecule has 0 atom stereocenters. The Morgan fingerprint density at radius 1 is 0.960 bits per heavy atom. The van der Waals surface area contributed by atoms with Crippen LogP contribution in [0.4, 0.5) is 5.82 Å². The van der Waals surface area contributed by atoms with Gasteiger partial charge in [0.05, 0.1) is 6.20 Å². The van der Waals surface area contributed by atoms with Crippen LogP contribution in [0.1, 0.15) is 43.4 Å². The van der Waals surface area contributed by atoms with Crippen molar-refractivity contribution in [2.75, 3.05) is 18.0 Å². The van der Waals surface area contributed by atoms with Gasteiger partial charge in [-0.2, -0.15) is 0 Å². The molecule has 2 heterocycles. The van der Waals surface area contributed by atoms with Gasteiger partial charge in [-0.1, -0.05) is 31.5 Å². The normalized spacial score (nSPS) is 11.2. The van der Waals surface area contributed by atoms with Crippen molar-refractivity contribution >= 4 is 11.5 Å². The number of hydrogen-bond acceptors (Lipinski definition) is 3. The fourth-order valence-corrected chi connectivity index (χ4v) is 3.75. The summed E-state index contributed by atoms with van der Waals surface area (Å²) in [6.07, 6.45) is 8.16. The predicted octanol–water partition coefficient (Wildman–Crippen LogP) is 4.95. The zero-order valence-corrected chi connectivity index (χ0v) is 16.0. The highest BCUT2D eigenvalue weighted by molar-refractivity contribution is 5.80. The number of imidazole rings is 1. The highest BCUT2D eigenvalue weighted by Gasteiger charge is 2.17. The number of aromatic nitrogens is 3. The molecule has 0 amide bonds. The lowest BCUT2D eigenvalue weighted by molar-refractivity contribution is 0.731. The molecule has 4 nitrogen and oxygen atoms in total. The van der Waals surface area contributed by atoms with E-state index in [-0.39, 0.29) is 0 Å². The Kier molecular flexibility index (Phi) is 5.07. The quantitative estimate of drug-likeness (QED) is 0.639. The summed E-state index contributed by atoms with van der Waals surface area (Å²) in [6, 6.07) is 4.44. The molecule has 132 valence electrons. The van der Waals surface area contributed by atoms with Gasteiger partial charge < -0.3 is 4.90 Å². The second-order valence-electron chi connectivity index (χ2n) is 6.85. The summed E-state index contributed by atoms with van der Waals surface area (Å²) < 4.78 is 2.19. The van der Waals surface area contributed by atoms with E-state index in [1.165, 1.54) is 22.3 Å². The number of fused-ring (bicyclic) bond motifs is 1. The summed E-state index contributed by atoms with van der Waals surface area (Å²) in [5, 5.41) is 0. The molecule has 0 aliphatic rings. The van der Waals surface area contributed by atoms with Gasteiger partial charge in [-0.3, -0.25) is 9.38 Å². The van der Waals surface area contributed by atoms with Gasteiger partial charge >= 0.3 is 0 Å². The topological polar surface area (TPSA) is 33.4 Å². The van der Waals surface area contributed by atoms with E-state index in [9.17, 15) is 0 Å². The first kappa shape index (κ1) is 17.5. The average molecular weight is 336 g/mol. The molecule has 0 N–H and O–H groups in total. The Morgan fingerprint density at radius 3 is 2.20 bits per heavy atom. The Labute approximate surface area is 150 Å². The molecule has 3 aromatic rings. The van der Waals surface area contributed by atoms with Gasteiger partial charge in [-0.15, -0.1) is 0 Å². The lowest BCUT2D eigenvalue weighted by Gasteiger charge is -2.22. The minimum Gasteiger partial charge on any atom is -0.356 e. The van der Waals surface area contributed by atoms with Crippen molar-refractivity contribution in [3.05, 3.63) is 47.4 Å². The van der Waals surface area contributed by atoms with Crippen molar-refractivity contribution < 1.29 is 0 Å². The molecule has 0 unspecified atom stereocenters. The van der Waals surface area contributed by atoms with E-state index in [2.05, 4.69) is 56.1 Å². The zero-order valence-electron chi connectivity index (χ0n) is 16.0. The Bertz CT molecular complexity index is 850. The highest BCUT2D eigenvalue weighted by Crippen LogP contribution is 2.31. The third-order valence-corrected chi connectivity index (χ3v) is 4.63. The lowest BCUT2D eigenvalue weighted by atomic mass is 9.97. The molecule has 0 radical (unpaired) electrons. The summed E-state index contributed by atoms with van der Waals surface area (Å²) in [5.74, 6) is 1.16. The van der Waals surface area contributed by atoms with Gasteiger partial charge in [0.25, 0.3) is 0 Å². The number of nitrogens with zero attached hydrogens (tertiary/aromatic N) is 4. The SMILES string of the molecule is CCCN(CCC)c1cnc2c(-c3c(C)cc(C)cc3C)nccn12. The molecule has 0 saturated heterocycles. The fourth-order valence-electron chi connectivity index (χ4n) is 3.75. The molecule has 0 bridgehead atoms. The number of aryl methyl sites for hydroxylation is 3. The van der Waals surface area contributed by atoms with Gasteiger partial charge in [0.2, 0.25) is 0 Å². The summed E-state index contributed by atoms with van der Waals surface area (Å²) in [6.45, 7) is 13.0. The highest BCUT2D eigenvalue weighted by atomic mass is 15.2. The van der Waals surface area contributed by atoms with Crippen LogP contribution < -0.4 is 4.90 Å². The molecular formula is C21H28N4. The van der Waals surface area contributed by atoms with Crippen LogP contribution in [0, 0.1) is 20.8 Å². The van der Waals surface area contributed by atoms with Crippen molar-refractivity contribution in [3.63, 3.8) is 0 Å². The molecule has 4 heteroatoms. The van der Waals surface area contributed by atoms with E-state index in [4.69, 9.17) is 9.97 Å². The molecule has 0 spiro atoms. The first-order valence-electron chi connectivity index (χ1n) is 9.22. The molecule has 3 rings (SSSR count). The fraction of sp³-hybridized carbons (Fsp3) is 0.429. The van der Waals surface area contributed by atoms with Crippen molar-refractivity contribution in [1.82, 2.24) is 14.4 Å². The summed E-state index contributed by atoms with van der Waals surface area (Å²) in [4.78, 5) is 11.9. The average Bonchev–Trinajstić information content (AvgIpc) is 2.98. The molecule has 25 heavy (non-hydrogen) atoms. The molecule has 2 aromatic heterocycles. The predicted molar refractivity (Wildman–Crippen MR) is 105 cm³/mol. The monoisotopic (exact) mass is 336 g/mol. The first-order chi connectivity index (χ1) is 12.1. The maximum Gasteiger partial charge on any atom is 0.165 e. The first-order valence-corrected chi connectivity index (χ1v) is 9.22. The number of benzene rings is 1. The van der Waals surface area contributed by atoms with Gasteiger partial charge in [0.1, 0.15) is 11.5 Å². The van der Waals surface area contributed by atoms with E-state index < -0.39 is 0 Å². The Morgan fingerprint density at radius 2 is 1.60 bits per heavy atom. The summed E-state index contributed by atoms with van der Waals surface area (Å²) in [5.41, 5.74) is 6.89. The van der Waals surface area contributed by atoms with Crippen molar-refractivity contribution in [1.29, 1.82) is 0 Å². The zero-order chi connectivity index (χ0) is 18.0. The number of hydrogen-bond donors (Lipinski definition) is 0. The lowest BCUT2D eigenvalue weighted by Crippen LogP contribution is -2.26. The molecule has 0 saturated carbocycles. The van der Waals surface area contributed by atoms with Gasteiger partial charge in [-0.25, -0.2) is 4.98 Å². The third kappa shape index (κ3) is 3.26. The van der Waals surface area contributed by atoms with Crippen molar-refractivity contribution in [2.24, 2.45) is 0 Å². The van der Waals surface area contributed by atoms with Crippen molar-refractivity contribution in [2.45, 2.75) is 47.5 Å². The van der Waals surface area contributed by atoms with Crippen LogP contribution in [0.5, 0.6) is 0 Å². The van der Waals surface area contributed by atoms with Crippen LogP contribution in [-0.2, 0) is 0 Å². The Hall–Kier alpha value is -2.36. The summed E-state index contributed by atoms with van der Waals surface area (Å²) >= 11 is 0. The van der Waals surface area contributed by atoms with Crippen LogP contribution in [0.15, 0.2) is 30.7 Å². The van der Waals surface area contributed by atoms with Gasteiger partial charge in [-0.05, 0) is 44.7 Å². The molecular weight excluding hydrogens is 308 g/mol. The second kappa shape index (κ2) is 7.26. The molecule has 0 aliphatic heterocycles.